The lowest BCUT2D eigenvalue weighted by atomic mass is 9.84. The van der Waals surface area contributed by atoms with E-state index in [1.165, 1.54) is 11.1 Å². The molecule has 6 heteroatoms. The molecule has 152 valence electrons. The largest absolute Gasteiger partial charge is 0.466 e. The molecule has 1 N–H and O–H groups in total. The zero-order valence-corrected chi connectivity index (χ0v) is 19.6. The van der Waals surface area contributed by atoms with Crippen molar-refractivity contribution in [3.05, 3.63) is 35.4 Å². The SMILES string of the molecule is CCOC(=O)C1CCN(C(=NC)NCC(C)(C)c2ccc(C)cc2)CC1.I. The number of nitrogens with one attached hydrogen (secondary N) is 1. The maximum atomic E-state index is 11.9. The molecule has 0 unspecified atom stereocenters. The molecule has 0 bridgehead atoms. The molecule has 1 saturated heterocycles. The maximum Gasteiger partial charge on any atom is 0.309 e. The van der Waals surface area contributed by atoms with Crippen LogP contribution in [0.2, 0.25) is 0 Å². The lowest BCUT2D eigenvalue weighted by molar-refractivity contribution is -0.149. The summed E-state index contributed by atoms with van der Waals surface area (Å²) in [7, 11) is 1.82. The van der Waals surface area contributed by atoms with E-state index in [0.717, 1.165) is 38.4 Å². The molecule has 5 nitrogen and oxygen atoms in total. The van der Waals surface area contributed by atoms with Crippen LogP contribution in [0.15, 0.2) is 29.3 Å². The molecule has 1 aromatic rings. The average molecular weight is 487 g/mol. The van der Waals surface area contributed by atoms with E-state index in [1.54, 1.807) is 0 Å². The van der Waals surface area contributed by atoms with Gasteiger partial charge in [0.1, 0.15) is 0 Å². The minimum atomic E-state index is -0.0596. The Hall–Kier alpha value is -1.31. The third-order valence-electron chi connectivity index (χ3n) is 5.15. The van der Waals surface area contributed by atoms with Crippen molar-refractivity contribution in [1.82, 2.24) is 10.2 Å². The Morgan fingerprint density at radius 1 is 1.26 bits per heavy atom. The molecule has 1 heterocycles. The van der Waals surface area contributed by atoms with Crippen LogP contribution in [0.5, 0.6) is 0 Å². The Balaban J connectivity index is 0.00000364. The number of hydrogen-bond donors (Lipinski definition) is 1. The van der Waals surface area contributed by atoms with Gasteiger partial charge in [-0.25, -0.2) is 0 Å². The number of guanidine groups is 1. The van der Waals surface area contributed by atoms with Gasteiger partial charge in [0, 0.05) is 32.1 Å². The fourth-order valence-electron chi connectivity index (χ4n) is 3.33. The molecular weight excluding hydrogens is 453 g/mol. The van der Waals surface area contributed by atoms with Crippen molar-refractivity contribution < 1.29 is 9.53 Å². The van der Waals surface area contributed by atoms with Crippen molar-refractivity contribution >= 4 is 35.9 Å². The van der Waals surface area contributed by atoms with Crippen LogP contribution in [0.1, 0.15) is 44.7 Å². The molecule has 0 atom stereocenters. The van der Waals surface area contributed by atoms with Gasteiger partial charge in [0.15, 0.2) is 5.96 Å². The molecule has 1 fully saturated rings. The van der Waals surface area contributed by atoms with Gasteiger partial charge in [-0.15, -0.1) is 24.0 Å². The number of rotatable bonds is 5. The lowest BCUT2D eigenvalue weighted by Crippen LogP contribution is -2.49. The van der Waals surface area contributed by atoms with Gasteiger partial charge in [0.05, 0.1) is 12.5 Å². The molecule has 0 saturated carbocycles. The predicted octanol–water partition coefficient (Wildman–Crippen LogP) is 3.74. The molecule has 1 aromatic carbocycles. The zero-order valence-electron chi connectivity index (χ0n) is 17.2. The first kappa shape index (κ1) is 23.7. The molecule has 2 rings (SSSR count). The first-order valence-corrected chi connectivity index (χ1v) is 9.56. The molecule has 0 radical (unpaired) electrons. The summed E-state index contributed by atoms with van der Waals surface area (Å²) < 4.78 is 5.15. The number of carbonyl (C=O) groups excluding carboxylic acids is 1. The van der Waals surface area contributed by atoms with E-state index in [-0.39, 0.29) is 41.3 Å². The van der Waals surface area contributed by atoms with Crippen LogP contribution < -0.4 is 5.32 Å². The average Bonchev–Trinajstić information content (AvgIpc) is 2.63. The lowest BCUT2D eigenvalue weighted by Gasteiger charge is -2.35. The maximum absolute atomic E-state index is 11.9. The zero-order chi connectivity index (χ0) is 19.2. The van der Waals surface area contributed by atoms with Crippen molar-refractivity contribution in [2.75, 3.05) is 33.3 Å². The molecule has 0 aromatic heterocycles. The van der Waals surface area contributed by atoms with Gasteiger partial charge in [0.2, 0.25) is 0 Å². The quantitative estimate of drug-likeness (QED) is 0.298. The van der Waals surface area contributed by atoms with Gasteiger partial charge in [-0.2, -0.15) is 0 Å². The van der Waals surface area contributed by atoms with Crippen molar-refractivity contribution in [3.8, 4) is 0 Å². The smallest absolute Gasteiger partial charge is 0.309 e. The number of likely N-dealkylation sites (tertiary alicyclic amines) is 1. The molecule has 0 spiro atoms. The highest BCUT2D eigenvalue weighted by molar-refractivity contribution is 14.0. The minimum Gasteiger partial charge on any atom is -0.466 e. The Morgan fingerprint density at radius 2 is 1.85 bits per heavy atom. The number of ether oxygens (including phenoxy) is 1. The minimum absolute atomic E-state index is 0. The van der Waals surface area contributed by atoms with E-state index < -0.39 is 0 Å². The number of hydrogen-bond acceptors (Lipinski definition) is 3. The van der Waals surface area contributed by atoms with E-state index in [4.69, 9.17) is 4.74 Å². The monoisotopic (exact) mass is 487 g/mol. The van der Waals surface area contributed by atoms with Crippen LogP contribution >= 0.6 is 24.0 Å². The number of benzene rings is 1. The van der Waals surface area contributed by atoms with Crippen molar-refractivity contribution in [1.29, 1.82) is 0 Å². The van der Waals surface area contributed by atoms with Crippen LogP contribution in [0.3, 0.4) is 0 Å². The van der Waals surface area contributed by atoms with E-state index in [2.05, 4.69) is 60.2 Å². The van der Waals surface area contributed by atoms with E-state index in [1.807, 2.05) is 14.0 Å². The van der Waals surface area contributed by atoms with Gasteiger partial charge in [-0.1, -0.05) is 43.7 Å². The summed E-state index contributed by atoms with van der Waals surface area (Å²) in [6, 6.07) is 8.72. The summed E-state index contributed by atoms with van der Waals surface area (Å²) in [5.74, 6) is 0.872. The Kier molecular flexibility index (Phi) is 9.56. The van der Waals surface area contributed by atoms with E-state index in [0.29, 0.717) is 6.61 Å². The predicted molar refractivity (Wildman–Crippen MR) is 122 cm³/mol. The van der Waals surface area contributed by atoms with Crippen LogP contribution in [0.25, 0.3) is 0 Å². The Morgan fingerprint density at radius 3 is 2.37 bits per heavy atom. The number of piperidine rings is 1. The molecule has 27 heavy (non-hydrogen) atoms. The second-order valence-electron chi connectivity index (χ2n) is 7.66. The fourth-order valence-corrected chi connectivity index (χ4v) is 3.33. The summed E-state index contributed by atoms with van der Waals surface area (Å²) in [5, 5.41) is 3.52. The highest BCUT2D eigenvalue weighted by Crippen LogP contribution is 2.23. The van der Waals surface area contributed by atoms with E-state index >= 15 is 0 Å². The second-order valence-corrected chi connectivity index (χ2v) is 7.66. The highest BCUT2D eigenvalue weighted by Gasteiger charge is 2.28. The standard InChI is InChI=1S/C21H33N3O2.HI/c1-6-26-19(25)17-11-13-24(14-12-17)20(22-5)23-15-21(3,4)18-9-7-16(2)8-10-18;/h7-10,17H,6,11-15H2,1-5H3,(H,22,23);1H. The Labute approximate surface area is 181 Å². The topological polar surface area (TPSA) is 53.9 Å². The van der Waals surface area contributed by atoms with Gasteiger partial charge >= 0.3 is 5.97 Å². The highest BCUT2D eigenvalue weighted by atomic mass is 127. The van der Waals surface area contributed by atoms with Gasteiger partial charge in [-0.05, 0) is 32.3 Å². The third kappa shape index (κ3) is 6.66. The number of halogens is 1. The van der Waals surface area contributed by atoms with E-state index in [9.17, 15) is 4.79 Å². The Bertz CT molecular complexity index is 621. The van der Waals surface area contributed by atoms with Crippen molar-refractivity contribution in [2.45, 2.75) is 46.0 Å². The molecule has 1 aliphatic rings. The van der Waals surface area contributed by atoms with Crippen LogP contribution in [0, 0.1) is 12.8 Å². The number of carbonyl (C=O) groups is 1. The van der Waals surface area contributed by atoms with Crippen LogP contribution in [-0.4, -0.2) is 50.1 Å². The summed E-state index contributed by atoms with van der Waals surface area (Å²) in [4.78, 5) is 18.6. The first-order chi connectivity index (χ1) is 12.4. The molecule has 0 amide bonds. The summed E-state index contributed by atoms with van der Waals surface area (Å²) in [6.45, 7) is 11.4. The molecule has 0 aliphatic carbocycles. The van der Waals surface area contributed by atoms with Crippen LogP contribution in [0.4, 0.5) is 0 Å². The van der Waals surface area contributed by atoms with Crippen molar-refractivity contribution in [2.24, 2.45) is 10.9 Å². The van der Waals surface area contributed by atoms with Gasteiger partial charge < -0.3 is 15.0 Å². The first-order valence-electron chi connectivity index (χ1n) is 9.56. The van der Waals surface area contributed by atoms with Gasteiger partial charge in [-0.3, -0.25) is 9.79 Å². The van der Waals surface area contributed by atoms with Crippen LogP contribution in [-0.2, 0) is 14.9 Å². The summed E-state index contributed by atoms with van der Waals surface area (Å²) in [5.41, 5.74) is 2.59. The summed E-state index contributed by atoms with van der Waals surface area (Å²) in [6.07, 6.45) is 1.64. The summed E-state index contributed by atoms with van der Waals surface area (Å²) >= 11 is 0. The second kappa shape index (κ2) is 10.9. The normalized spacial score (nSPS) is 15.9. The number of esters is 1. The third-order valence-corrected chi connectivity index (χ3v) is 5.15. The van der Waals surface area contributed by atoms with Gasteiger partial charge in [0.25, 0.3) is 0 Å². The number of aryl methyl sites for hydroxylation is 1. The number of nitrogens with zero attached hydrogens (tertiary/aromatic N) is 2. The fraction of sp³-hybridized carbons (Fsp3) is 0.619. The number of aliphatic imine (C=N–C) groups is 1. The molecule has 1 aliphatic heterocycles. The van der Waals surface area contributed by atoms with Crippen molar-refractivity contribution in [3.63, 3.8) is 0 Å². The molecular formula is C21H34IN3O2.